The van der Waals surface area contributed by atoms with Gasteiger partial charge in [-0.25, -0.2) is 4.79 Å². The summed E-state index contributed by atoms with van der Waals surface area (Å²) in [4.78, 5) is 10.5. The molecule has 1 aliphatic rings. The van der Waals surface area contributed by atoms with E-state index in [0.29, 0.717) is 0 Å². The largest absolute Gasteiger partial charge is 1.00 e. The molecule has 0 radical (unpaired) electrons. The quantitative estimate of drug-likeness (QED) is 0.186. The standard InChI is InChI=1S/C6H8O6.Na.H2O4S/c7-1-2(8)5-3(9)4(10)6(11)12-5;;1-5(2,3)4/h2,5,7-10H,1H2;;(H2,1,2,3,4)/q;+1;/p-1/t2-,5+;;/m0../s1. The van der Waals surface area contributed by atoms with Crippen LogP contribution in [0.5, 0.6) is 0 Å². The monoisotopic (exact) mass is 296 g/mol. The van der Waals surface area contributed by atoms with E-state index in [4.69, 9.17) is 32.8 Å². The zero-order chi connectivity index (χ0) is 13.8. The zero-order valence-corrected chi connectivity index (χ0v) is 11.9. The number of hydrogen-bond acceptors (Lipinski definition) is 8. The molecule has 0 amide bonds. The molecule has 0 aromatic rings. The average Bonchev–Trinajstić information content (AvgIpc) is 2.42. The van der Waals surface area contributed by atoms with Gasteiger partial charge in [0.2, 0.25) is 0 Å². The van der Waals surface area contributed by atoms with Crippen molar-refractivity contribution in [2.45, 2.75) is 12.2 Å². The third-order valence-electron chi connectivity index (χ3n) is 1.46. The molecule has 1 aliphatic heterocycles. The maximum absolute atomic E-state index is 10.8. The van der Waals surface area contributed by atoms with E-state index in [0.717, 1.165) is 0 Å². The van der Waals surface area contributed by atoms with Gasteiger partial charge in [0.25, 0.3) is 0 Å². The minimum Gasteiger partial charge on any atom is -0.870 e. The van der Waals surface area contributed by atoms with Crippen LogP contribution >= 0.6 is 0 Å². The van der Waals surface area contributed by atoms with E-state index in [1.165, 1.54) is 0 Å². The van der Waals surface area contributed by atoms with Gasteiger partial charge in [0.05, 0.1) is 6.61 Å². The molecule has 12 heteroatoms. The van der Waals surface area contributed by atoms with Crippen molar-refractivity contribution < 1.29 is 77.0 Å². The van der Waals surface area contributed by atoms with Crippen molar-refractivity contribution in [1.29, 1.82) is 0 Å². The van der Waals surface area contributed by atoms with Crippen LogP contribution in [0, 0.1) is 0 Å². The molecule has 0 fully saturated rings. The number of carbonyl (C=O) groups is 1. The van der Waals surface area contributed by atoms with E-state index in [1.54, 1.807) is 0 Å². The minimum atomic E-state index is -4.67. The van der Waals surface area contributed by atoms with Crippen LogP contribution in [0.15, 0.2) is 11.5 Å². The summed E-state index contributed by atoms with van der Waals surface area (Å²) in [6.45, 7) is -0.711. The van der Waals surface area contributed by atoms with Crippen LogP contribution in [0.25, 0.3) is 0 Å². The summed E-state index contributed by atoms with van der Waals surface area (Å²) in [6.07, 6.45) is -2.95. The number of aliphatic hydroxyl groups is 3. The van der Waals surface area contributed by atoms with E-state index < -0.39 is 46.7 Å². The van der Waals surface area contributed by atoms with Crippen LogP contribution in [-0.4, -0.2) is 57.6 Å². The van der Waals surface area contributed by atoms with Crippen LogP contribution in [0.4, 0.5) is 0 Å². The molecule has 0 saturated heterocycles. The van der Waals surface area contributed by atoms with Crippen LogP contribution in [0.2, 0.25) is 0 Å². The SMILES string of the molecule is O=C1O[C@H]([C@@H](O)CO)C([O-])=C1O.O=S(=O)(O)O.[Na+]. The van der Waals surface area contributed by atoms with E-state index in [1.807, 2.05) is 0 Å². The molecule has 18 heavy (non-hydrogen) atoms. The summed E-state index contributed by atoms with van der Waals surface area (Å²) in [5.41, 5.74) is 0. The Morgan fingerprint density at radius 2 is 1.78 bits per heavy atom. The van der Waals surface area contributed by atoms with Gasteiger partial charge in [-0.3, -0.25) is 9.11 Å². The molecule has 0 aromatic heterocycles. The first-order valence-corrected chi connectivity index (χ1v) is 5.27. The molecule has 1 heterocycles. The number of ether oxygens (including phenoxy) is 1. The molecule has 0 aromatic carbocycles. The van der Waals surface area contributed by atoms with Gasteiger partial charge in [-0.1, -0.05) is 0 Å². The van der Waals surface area contributed by atoms with Crippen LogP contribution in [-0.2, 0) is 19.9 Å². The molecule has 1 rings (SSSR count). The topological polar surface area (TPSA) is 185 Å². The number of rotatable bonds is 2. The third-order valence-corrected chi connectivity index (χ3v) is 1.46. The van der Waals surface area contributed by atoms with Crippen molar-refractivity contribution in [3.63, 3.8) is 0 Å². The van der Waals surface area contributed by atoms with E-state index >= 15 is 0 Å². The van der Waals surface area contributed by atoms with Crippen molar-refractivity contribution in [1.82, 2.24) is 0 Å². The predicted octanol–water partition coefficient (Wildman–Crippen LogP) is -6.25. The fourth-order valence-corrected chi connectivity index (χ4v) is 0.809. The van der Waals surface area contributed by atoms with Crippen molar-refractivity contribution in [2.75, 3.05) is 6.61 Å². The number of hydrogen-bond donors (Lipinski definition) is 5. The second-order valence-electron chi connectivity index (χ2n) is 2.74. The molecular weight excluding hydrogens is 287 g/mol. The van der Waals surface area contributed by atoms with Crippen LogP contribution in [0.3, 0.4) is 0 Å². The van der Waals surface area contributed by atoms with E-state index in [2.05, 4.69) is 4.74 Å². The predicted molar refractivity (Wildman–Crippen MR) is 46.8 cm³/mol. The zero-order valence-electron chi connectivity index (χ0n) is 9.05. The van der Waals surface area contributed by atoms with Crippen molar-refractivity contribution in [3.8, 4) is 0 Å². The maximum atomic E-state index is 10.8. The number of aliphatic hydroxyl groups excluding tert-OH is 3. The van der Waals surface area contributed by atoms with E-state index in [9.17, 15) is 9.90 Å². The Morgan fingerprint density at radius 3 is 2.00 bits per heavy atom. The van der Waals surface area contributed by atoms with Crippen molar-refractivity contribution in [3.05, 3.63) is 11.5 Å². The molecule has 10 nitrogen and oxygen atoms in total. The Labute approximate surface area is 123 Å². The average molecular weight is 296 g/mol. The normalized spacial score (nSPS) is 20.4. The summed E-state index contributed by atoms with van der Waals surface area (Å²) in [6, 6.07) is 0. The smallest absolute Gasteiger partial charge is 0.870 e. The van der Waals surface area contributed by atoms with Crippen molar-refractivity contribution >= 4 is 16.4 Å². The molecular formula is C6H9NaO10S. The second-order valence-corrected chi connectivity index (χ2v) is 3.63. The van der Waals surface area contributed by atoms with Crippen LogP contribution < -0.4 is 34.7 Å². The van der Waals surface area contributed by atoms with Gasteiger partial charge in [-0.2, -0.15) is 8.42 Å². The molecule has 0 unspecified atom stereocenters. The Balaban J connectivity index is 0. The number of carbonyl (C=O) groups excluding carboxylic acids is 1. The summed E-state index contributed by atoms with van der Waals surface area (Å²) in [7, 11) is -4.67. The fraction of sp³-hybridized carbons (Fsp3) is 0.500. The summed E-state index contributed by atoms with van der Waals surface area (Å²) < 4.78 is 35.8. The van der Waals surface area contributed by atoms with Gasteiger partial charge < -0.3 is 25.2 Å². The van der Waals surface area contributed by atoms with Gasteiger partial charge in [-0.05, 0) is 5.76 Å². The second kappa shape index (κ2) is 7.91. The van der Waals surface area contributed by atoms with Gasteiger partial charge in [0.15, 0.2) is 5.76 Å². The van der Waals surface area contributed by atoms with Gasteiger partial charge in [-0.15, -0.1) is 0 Å². The summed E-state index contributed by atoms with van der Waals surface area (Å²) >= 11 is 0. The molecule has 0 aliphatic carbocycles. The molecule has 0 saturated carbocycles. The summed E-state index contributed by atoms with van der Waals surface area (Å²) in [5, 5.41) is 36.8. The Bertz CT molecular complexity index is 406. The van der Waals surface area contributed by atoms with Crippen molar-refractivity contribution in [2.24, 2.45) is 0 Å². The third kappa shape index (κ3) is 7.13. The maximum Gasteiger partial charge on any atom is 1.00 e. The Kier molecular flexibility index (Phi) is 8.76. The minimum absolute atomic E-state index is 0. The Morgan fingerprint density at radius 1 is 1.39 bits per heavy atom. The number of esters is 1. The Hall–Kier alpha value is -0.400. The van der Waals surface area contributed by atoms with E-state index in [-0.39, 0.29) is 29.6 Å². The summed E-state index contributed by atoms with van der Waals surface area (Å²) in [5.74, 6) is -3.20. The molecule has 0 bridgehead atoms. The fourth-order valence-electron chi connectivity index (χ4n) is 0.809. The molecule has 100 valence electrons. The van der Waals surface area contributed by atoms with Gasteiger partial charge >= 0.3 is 45.9 Å². The first kappa shape index (κ1) is 19.9. The first-order chi connectivity index (χ1) is 7.57. The number of cyclic esters (lactones) is 1. The molecule has 2 atom stereocenters. The molecule has 5 N–H and O–H groups in total. The van der Waals surface area contributed by atoms with Gasteiger partial charge in [0.1, 0.15) is 12.2 Å². The van der Waals surface area contributed by atoms with Gasteiger partial charge in [0, 0.05) is 0 Å². The molecule has 0 spiro atoms. The van der Waals surface area contributed by atoms with Crippen LogP contribution in [0.1, 0.15) is 0 Å². The first-order valence-electron chi connectivity index (χ1n) is 3.87.